The molecule has 0 amide bonds. The second-order valence-electron chi connectivity index (χ2n) is 4.70. The van der Waals surface area contributed by atoms with Crippen LogP contribution in [0.1, 0.15) is 52.6 Å². The van der Waals surface area contributed by atoms with Gasteiger partial charge in [0.1, 0.15) is 0 Å². The molecular weight excluding hydrogens is 242 g/mol. The third-order valence-electron chi connectivity index (χ3n) is 2.76. The molecule has 2 aromatic rings. The van der Waals surface area contributed by atoms with Crippen molar-refractivity contribution in [2.75, 3.05) is 0 Å². The number of Topliss-reactive ketones (excluding diaryl/α,β-unsaturated/α-hetero) is 1. The lowest BCUT2D eigenvalue weighted by atomic mass is 10.1. The Labute approximate surface area is 112 Å². The molecule has 1 heterocycles. The highest BCUT2D eigenvalue weighted by Gasteiger charge is 2.17. The number of ketones is 1. The lowest BCUT2D eigenvalue weighted by molar-refractivity contribution is 0.102. The maximum atomic E-state index is 11.6. The minimum Gasteiger partial charge on any atom is -0.294 e. The number of hydrogen-bond donors (Lipinski definition) is 0. The molecule has 0 aliphatic carbocycles. The van der Waals surface area contributed by atoms with Gasteiger partial charge in [-0.1, -0.05) is 44.2 Å². The molecule has 0 fully saturated rings. The Morgan fingerprint density at radius 3 is 2.44 bits per heavy atom. The van der Waals surface area contributed by atoms with Crippen molar-refractivity contribution in [3.8, 4) is 0 Å². The maximum absolute atomic E-state index is 11.6. The molecule has 1 aromatic carbocycles. The molecule has 0 atom stereocenters. The van der Waals surface area contributed by atoms with E-state index in [1.165, 1.54) is 16.9 Å². The SMILES string of the molecule is CC(=O)c1sc(Cc2ccccc2)nc1C(C)C. The molecule has 2 nitrogen and oxygen atoms in total. The van der Waals surface area contributed by atoms with Crippen molar-refractivity contribution in [1.29, 1.82) is 0 Å². The Morgan fingerprint density at radius 1 is 1.28 bits per heavy atom. The van der Waals surface area contributed by atoms with Crippen molar-refractivity contribution in [3.63, 3.8) is 0 Å². The van der Waals surface area contributed by atoms with Gasteiger partial charge in [0.15, 0.2) is 5.78 Å². The number of carbonyl (C=O) groups is 1. The molecule has 0 aliphatic heterocycles. The summed E-state index contributed by atoms with van der Waals surface area (Å²) >= 11 is 1.53. The minimum atomic E-state index is 0.121. The highest BCUT2D eigenvalue weighted by Crippen LogP contribution is 2.27. The predicted molar refractivity (Wildman–Crippen MR) is 75.5 cm³/mol. The summed E-state index contributed by atoms with van der Waals surface area (Å²) in [7, 11) is 0. The van der Waals surface area contributed by atoms with E-state index in [1.54, 1.807) is 6.92 Å². The molecule has 0 N–H and O–H groups in total. The molecule has 0 spiro atoms. The summed E-state index contributed by atoms with van der Waals surface area (Å²) in [4.78, 5) is 17.0. The number of benzene rings is 1. The Morgan fingerprint density at radius 2 is 1.94 bits per heavy atom. The smallest absolute Gasteiger partial charge is 0.171 e. The average molecular weight is 259 g/mol. The van der Waals surface area contributed by atoms with Crippen LogP contribution in [-0.2, 0) is 6.42 Å². The molecule has 0 bridgehead atoms. The van der Waals surface area contributed by atoms with Crippen molar-refractivity contribution in [3.05, 3.63) is 51.5 Å². The maximum Gasteiger partial charge on any atom is 0.171 e. The van der Waals surface area contributed by atoms with Gasteiger partial charge in [0, 0.05) is 13.3 Å². The number of carbonyl (C=O) groups excluding carboxylic acids is 1. The van der Waals surface area contributed by atoms with Gasteiger partial charge >= 0.3 is 0 Å². The van der Waals surface area contributed by atoms with Gasteiger partial charge < -0.3 is 0 Å². The van der Waals surface area contributed by atoms with Crippen molar-refractivity contribution in [1.82, 2.24) is 4.98 Å². The first-order chi connectivity index (χ1) is 8.58. The van der Waals surface area contributed by atoms with Gasteiger partial charge in [-0.05, 0) is 11.5 Å². The highest BCUT2D eigenvalue weighted by molar-refractivity contribution is 7.13. The molecule has 0 saturated heterocycles. The quantitative estimate of drug-likeness (QED) is 0.775. The monoisotopic (exact) mass is 259 g/mol. The summed E-state index contributed by atoms with van der Waals surface area (Å²) in [6, 6.07) is 10.2. The summed E-state index contributed by atoms with van der Waals surface area (Å²) in [5.74, 6) is 0.417. The Bertz CT molecular complexity index is 543. The first kappa shape index (κ1) is 13.0. The molecule has 0 radical (unpaired) electrons. The number of aromatic nitrogens is 1. The van der Waals surface area contributed by atoms with Crippen molar-refractivity contribution >= 4 is 17.1 Å². The minimum absolute atomic E-state index is 0.121. The number of thiazole rings is 1. The lowest BCUT2D eigenvalue weighted by Crippen LogP contribution is -1.97. The van der Waals surface area contributed by atoms with Gasteiger partial charge in [-0.3, -0.25) is 4.79 Å². The molecule has 3 heteroatoms. The van der Waals surface area contributed by atoms with Crippen LogP contribution < -0.4 is 0 Å². The van der Waals surface area contributed by atoms with E-state index in [0.29, 0.717) is 5.92 Å². The molecule has 0 aliphatic rings. The van der Waals surface area contributed by atoms with Crippen molar-refractivity contribution < 1.29 is 4.79 Å². The Kier molecular flexibility index (Phi) is 3.92. The lowest BCUT2D eigenvalue weighted by Gasteiger charge is -2.01. The zero-order chi connectivity index (χ0) is 13.1. The van der Waals surface area contributed by atoms with E-state index < -0.39 is 0 Å². The summed E-state index contributed by atoms with van der Waals surface area (Å²) in [6.45, 7) is 5.77. The number of hydrogen-bond acceptors (Lipinski definition) is 3. The van der Waals surface area contributed by atoms with Crippen LogP contribution in [0.15, 0.2) is 30.3 Å². The first-order valence-corrected chi connectivity index (χ1v) is 6.94. The molecule has 94 valence electrons. The predicted octanol–water partition coefficient (Wildman–Crippen LogP) is 4.06. The topological polar surface area (TPSA) is 30.0 Å². The Balaban J connectivity index is 2.30. The fourth-order valence-electron chi connectivity index (χ4n) is 1.87. The van der Waals surface area contributed by atoms with E-state index in [4.69, 9.17) is 0 Å². The van der Waals surface area contributed by atoms with Gasteiger partial charge in [0.25, 0.3) is 0 Å². The first-order valence-electron chi connectivity index (χ1n) is 6.12. The van der Waals surface area contributed by atoms with Crippen LogP contribution in [0, 0.1) is 0 Å². The fraction of sp³-hybridized carbons (Fsp3) is 0.333. The highest BCUT2D eigenvalue weighted by atomic mass is 32.1. The summed E-state index contributed by atoms with van der Waals surface area (Å²) in [5.41, 5.74) is 2.18. The van der Waals surface area contributed by atoms with Crippen LogP contribution in [0.5, 0.6) is 0 Å². The largest absolute Gasteiger partial charge is 0.294 e. The van der Waals surface area contributed by atoms with Crippen LogP contribution in [-0.4, -0.2) is 10.8 Å². The van der Waals surface area contributed by atoms with Crippen molar-refractivity contribution in [2.45, 2.75) is 33.1 Å². The van der Waals surface area contributed by atoms with E-state index in [0.717, 1.165) is 22.0 Å². The molecular formula is C15H17NOS. The third-order valence-corrected chi connectivity index (χ3v) is 3.93. The number of nitrogens with zero attached hydrogens (tertiary/aromatic N) is 1. The van der Waals surface area contributed by atoms with Crippen LogP contribution in [0.2, 0.25) is 0 Å². The van der Waals surface area contributed by atoms with E-state index >= 15 is 0 Å². The fourth-order valence-corrected chi connectivity index (χ4v) is 3.02. The second-order valence-corrected chi connectivity index (χ2v) is 5.78. The third kappa shape index (κ3) is 2.85. The van der Waals surface area contributed by atoms with Crippen molar-refractivity contribution in [2.24, 2.45) is 0 Å². The van der Waals surface area contributed by atoms with E-state index in [2.05, 4.69) is 31.0 Å². The van der Waals surface area contributed by atoms with Crippen LogP contribution in [0.3, 0.4) is 0 Å². The molecule has 0 unspecified atom stereocenters. The molecule has 0 saturated carbocycles. The van der Waals surface area contributed by atoms with E-state index in [9.17, 15) is 4.79 Å². The van der Waals surface area contributed by atoms with Gasteiger partial charge in [-0.25, -0.2) is 4.98 Å². The van der Waals surface area contributed by atoms with Crippen LogP contribution >= 0.6 is 11.3 Å². The van der Waals surface area contributed by atoms with E-state index in [1.807, 2.05) is 18.2 Å². The van der Waals surface area contributed by atoms with Gasteiger partial charge in [0.05, 0.1) is 15.6 Å². The summed E-state index contributed by atoms with van der Waals surface area (Å²) < 4.78 is 0. The van der Waals surface area contributed by atoms with Gasteiger partial charge in [-0.15, -0.1) is 11.3 Å². The van der Waals surface area contributed by atoms with Gasteiger partial charge in [0.2, 0.25) is 0 Å². The normalized spacial score (nSPS) is 10.9. The summed E-state index contributed by atoms with van der Waals surface area (Å²) in [5, 5.41) is 1.02. The molecule has 1 aromatic heterocycles. The van der Waals surface area contributed by atoms with Crippen LogP contribution in [0.4, 0.5) is 0 Å². The average Bonchev–Trinajstić information content (AvgIpc) is 2.74. The Hall–Kier alpha value is -1.48. The number of rotatable bonds is 4. The van der Waals surface area contributed by atoms with E-state index in [-0.39, 0.29) is 5.78 Å². The standard InChI is InChI=1S/C15H17NOS/c1-10(2)14-15(11(3)17)18-13(16-14)9-12-7-5-4-6-8-12/h4-8,10H,9H2,1-3H3. The summed E-state index contributed by atoms with van der Waals surface area (Å²) in [6.07, 6.45) is 0.804. The molecule has 18 heavy (non-hydrogen) atoms. The zero-order valence-electron chi connectivity index (χ0n) is 10.9. The van der Waals surface area contributed by atoms with Crippen LogP contribution in [0.25, 0.3) is 0 Å². The van der Waals surface area contributed by atoms with Gasteiger partial charge in [-0.2, -0.15) is 0 Å². The zero-order valence-corrected chi connectivity index (χ0v) is 11.8. The second kappa shape index (κ2) is 5.44. The molecule has 2 rings (SSSR count).